The number of aromatic nitrogens is 4. The summed E-state index contributed by atoms with van der Waals surface area (Å²) in [5.74, 6) is -0.372. The molecular weight excluding hydrogens is 535 g/mol. The first-order chi connectivity index (χ1) is 18.6. The molecule has 0 bridgehead atoms. The molecule has 5 rings (SSSR count). The van der Waals surface area contributed by atoms with Crippen molar-refractivity contribution in [1.82, 2.24) is 19.9 Å². The number of anilines is 3. The first kappa shape index (κ1) is 26.4. The maximum absolute atomic E-state index is 15.9. The van der Waals surface area contributed by atoms with Gasteiger partial charge >= 0.3 is 0 Å². The lowest BCUT2D eigenvalue weighted by Crippen LogP contribution is -2.16. The SMILES string of the molecule is Cc1ccc(Nc2nccc(-c3sc(C)nc3-c3cccc(NS(=O)(=O)c4c(C)cccc4C)c3F)n2)cn1. The van der Waals surface area contributed by atoms with Gasteiger partial charge < -0.3 is 5.32 Å². The molecule has 0 aliphatic heterocycles. The van der Waals surface area contributed by atoms with E-state index in [4.69, 9.17) is 0 Å². The molecular formula is C28H25FN6O2S2. The van der Waals surface area contributed by atoms with Gasteiger partial charge in [0.25, 0.3) is 10.0 Å². The summed E-state index contributed by atoms with van der Waals surface area (Å²) >= 11 is 1.36. The Bertz CT molecular complexity index is 1770. The van der Waals surface area contributed by atoms with E-state index < -0.39 is 15.8 Å². The van der Waals surface area contributed by atoms with E-state index in [9.17, 15) is 8.42 Å². The quantitative estimate of drug-likeness (QED) is 0.231. The minimum atomic E-state index is -4.03. The molecule has 198 valence electrons. The summed E-state index contributed by atoms with van der Waals surface area (Å²) in [5, 5.41) is 3.83. The van der Waals surface area contributed by atoms with Gasteiger partial charge in [0.2, 0.25) is 5.95 Å². The number of benzene rings is 2. The van der Waals surface area contributed by atoms with Crippen LogP contribution in [0.5, 0.6) is 0 Å². The van der Waals surface area contributed by atoms with Crippen LogP contribution in [-0.2, 0) is 10.0 Å². The summed E-state index contributed by atoms with van der Waals surface area (Å²) in [4.78, 5) is 18.5. The lowest BCUT2D eigenvalue weighted by atomic mass is 10.1. The molecule has 2 N–H and O–H groups in total. The van der Waals surface area contributed by atoms with Gasteiger partial charge in [-0.25, -0.2) is 27.8 Å². The Morgan fingerprint density at radius 1 is 0.872 bits per heavy atom. The number of aryl methyl sites for hydroxylation is 4. The highest BCUT2D eigenvalue weighted by Gasteiger charge is 2.24. The topological polar surface area (TPSA) is 110 Å². The number of thiazole rings is 1. The van der Waals surface area contributed by atoms with Gasteiger partial charge in [0, 0.05) is 17.5 Å². The van der Waals surface area contributed by atoms with E-state index in [-0.39, 0.29) is 16.1 Å². The van der Waals surface area contributed by atoms with Gasteiger partial charge in [-0.3, -0.25) is 9.71 Å². The number of nitrogens with one attached hydrogen (secondary N) is 2. The van der Waals surface area contributed by atoms with Crippen LogP contribution in [0.2, 0.25) is 0 Å². The van der Waals surface area contributed by atoms with Gasteiger partial charge in [0.1, 0.15) is 0 Å². The van der Waals surface area contributed by atoms with Gasteiger partial charge in [-0.05, 0) is 69.2 Å². The number of pyridine rings is 1. The molecule has 0 unspecified atom stereocenters. The molecule has 0 fully saturated rings. The molecule has 0 amide bonds. The number of sulfonamides is 1. The average molecular weight is 561 g/mol. The largest absolute Gasteiger partial charge is 0.323 e. The van der Waals surface area contributed by atoms with Crippen molar-refractivity contribution in [1.29, 1.82) is 0 Å². The number of hydrogen-bond acceptors (Lipinski definition) is 8. The molecule has 8 nitrogen and oxygen atoms in total. The second-order valence-corrected chi connectivity index (χ2v) is 11.8. The number of halogens is 1. The van der Waals surface area contributed by atoms with Crippen LogP contribution in [0.1, 0.15) is 21.8 Å². The van der Waals surface area contributed by atoms with Gasteiger partial charge in [-0.1, -0.05) is 24.3 Å². The van der Waals surface area contributed by atoms with E-state index in [0.717, 1.165) is 11.4 Å². The molecule has 5 aromatic rings. The second-order valence-electron chi connectivity index (χ2n) is 8.98. The standard InChI is InChI=1S/C28H25FN6O2S2/c1-16-7-5-8-17(2)27(16)39(36,37)35-22-10-6-9-21(24(22)29)25-26(38-19(4)32-25)23-13-14-30-28(34-23)33-20-12-11-18(3)31-15-20/h5-15,35H,1-4H3,(H,30,33,34). The molecule has 11 heteroatoms. The lowest BCUT2D eigenvalue weighted by Gasteiger charge is -2.14. The number of nitrogens with zero attached hydrogens (tertiary/aromatic N) is 4. The summed E-state index contributed by atoms with van der Waals surface area (Å²) in [6, 6.07) is 15.2. The molecule has 3 aromatic heterocycles. The fraction of sp³-hybridized carbons (Fsp3) is 0.143. The minimum absolute atomic E-state index is 0.129. The fourth-order valence-electron chi connectivity index (χ4n) is 4.21. The van der Waals surface area contributed by atoms with Crippen molar-refractivity contribution in [3.63, 3.8) is 0 Å². The van der Waals surface area contributed by atoms with Crippen LogP contribution in [0, 0.1) is 33.5 Å². The summed E-state index contributed by atoms with van der Waals surface area (Å²) in [6.45, 7) is 7.14. The number of hydrogen-bond donors (Lipinski definition) is 2. The fourth-order valence-corrected chi connectivity index (χ4v) is 6.65. The highest BCUT2D eigenvalue weighted by atomic mass is 32.2. The third-order valence-corrected chi connectivity index (χ3v) is 8.63. The van der Waals surface area contributed by atoms with E-state index in [1.165, 1.54) is 17.4 Å². The Hall–Kier alpha value is -4.22. The highest BCUT2D eigenvalue weighted by molar-refractivity contribution is 7.92. The monoisotopic (exact) mass is 560 g/mol. The molecule has 2 aromatic carbocycles. The summed E-state index contributed by atoms with van der Waals surface area (Å²) < 4.78 is 44.8. The van der Waals surface area contributed by atoms with Gasteiger partial charge in [0.05, 0.1) is 43.7 Å². The van der Waals surface area contributed by atoms with Crippen molar-refractivity contribution in [2.75, 3.05) is 10.0 Å². The van der Waals surface area contributed by atoms with Crippen LogP contribution in [-0.4, -0.2) is 28.4 Å². The van der Waals surface area contributed by atoms with Gasteiger partial charge in [0.15, 0.2) is 5.82 Å². The van der Waals surface area contributed by atoms with Crippen LogP contribution in [0.4, 0.5) is 21.7 Å². The van der Waals surface area contributed by atoms with Crippen molar-refractivity contribution in [2.24, 2.45) is 0 Å². The molecule has 39 heavy (non-hydrogen) atoms. The Labute approximate surface area is 230 Å². The Balaban J connectivity index is 1.51. The third kappa shape index (κ3) is 5.50. The molecule has 0 aliphatic carbocycles. The minimum Gasteiger partial charge on any atom is -0.323 e. The van der Waals surface area contributed by atoms with Crippen LogP contribution < -0.4 is 10.0 Å². The van der Waals surface area contributed by atoms with Crippen LogP contribution in [0.3, 0.4) is 0 Å². The average Bonchev–Trinajstić information content (AvgIpc) is 3.28. The first-order valence-corrected chi connectivity index (χ1v) is 14.3. The Kier molecular flexibility index (Phi) is 7.11. The molecule has 0 saturated heterocycles. The normalized spacial score (nSPS) is 11.4. The maximum Gasteiger partial charge on any atom is 0.262 e. The van der Waals surface area contributed by atoms with Gasteiger partial charge in [-0.15, -0.1) is 11.3 Å². The van der Waals surface area contributed by atoms with Crippen molar-refractivity contribution >= 4 is 38.7 Å². The second kappa shape index (κ2) is 10.5. The molecule has 0 saturated carbocycles. The summed E-state index contributed by atoms with van der Waals surface area (Å²) in [5.41, 5.74) is 3.68. The molecule has 0 aliphatic rings. The predicted molar refractivity (Wildman–Crippen MR) is 152 cm³/mol. The molecule has 0 spiro atoms. The van der Waals surface area contributed by atoms with E-state index in [2.05, 4.69) is 30.0 Å². The zero-order valence-corrected chi connectivity index (χ0v) is 23.3. The van der Waals surface area contributed by atoms with E-state index in [1.54, 1.807) is 62.6 Å². The Morgan fingerprint density at radius 3 is 2.33 bits per heavy atom. The van der Waals surface area contributed by atoms with E-state index in [0.29, 0.717) is 38.3 Å². The summed E-state index contributed by atoms with van der Waals surface area (Å²) in [7, 11) is -4.03. The molecule has 0 atom stereocenters. The first-order valence-electron chi connectivity index (χ1n) is 12.0. The van der Waals surface area contributed by atoms with Gasteiger partial charge in [-0.2, -0.15) is 0 Å². The van der Waals surface area contributed by atoms with Crippen LogP contribution in [0.25, 0.3) is 21.8 Å². The number of rotatable bonds is 7. The zero-order chi connectivity index (χ0) is 27.7. The third-order valence-electron chi connectivity index (χ3n) is 5.97. The van der Waals surface area contributed by atoms with Crippen LogP contribution >= 0.6 is 11.3 Å². The van der Waals surface area contributed by atoms with Crippen molar-refractivity contribution < 1.29 is 12.8 Å². The van der Waals surface area contributed by atoms with Crippen molar-refractivity contribution in [3.8, 4) is 21.8 Å². The predicted octanol–water partition coefficient (Wildman–Crippen LogP) is 6.58. The lowest BCUT2D eigenvalue weighted by molar-refractivity contribution is 0.597. The van der Waals surface area contributed by atoms with E-state index >= 15 is 4.39 Å². The summed E-state index contributed by atoms with van der Waals surface area (Å²) in [6.07, 6.45) is 3.30. The zero-order valence-electron chi connectivity index (χ0n) is 21.7. The highest BCUT2D eigenvalue weighted by Crippen LogP contribution is 2.39. The van der Waals surface area contributed by atoms with Crippen LogP contribution in [0.15, 0.2) is 71.9 Å². The molecule has 0 radical (unpaired) electrons. The Morgan fingerprint density at radius 2 is 1.62 bits per heavy atom. The molecule has 3 heterocycles. The smallest absolute Gasteiger partial charge is 0.262 e. The van der Waals surface area contributed by atoms with Crippen molar-refractivity contribution in [3.05, 3.63) is 94.6 Å². The van der Waals surface area contributed by atoms with E-state index in [1.807, 2.05) is 26.0 Å². The maximum atomic E-state index is 15.9. The van der Waals surface area contributed by atoms with Crippen molar-refractivity contribution in [2.45, 2.75) is 32.6 Å².